The third-order valence-corrected chi connectivity index (χ3v) is 5.45. The Bertz CT molecular complexity index is 1070. The van der Waals surface area contributed by atoms with E-state index in [4.69, 9.17) is 4.42 Å². The summed E-state index contributed by atoms with van der Waals surface area (Å²) < 4.78 is 5.69. The molecule has 0 bridgehead atoms. The van der Waals surface area contributed by atoms with Crippen LogP contribution in [-0.2, 0) is 0 Å². The summed E-state index contributed by atoms with van der Waals surface area (Å²) in [6.45, 7) is 4.19. The van der Waals surface area contributed by atoms with Gasteiger partial charge in [0.25, 0.3) is 11.6 Å². The molecule has 1 aliphatic heterocycles. The van der Waals surface area contributed by atoms with Crippen molar-refractivity contribution in [2.45, 2.75) is 19.8 Å². The van der Waals surface area contributed by atoms with Crippen LogP contribution in [0.15, 0.2) is 65.1 Å². The Morgan fingerprint density at radius 2 is 1.87 bits per heavy atom. The fraction of sp³-hybridized carbons (Fsp3) is 0.261. The van der Waals surface area contributed by atoms with Crippen molar-refractivity contribution in [3.63, 3.8) is 0 Å². The van der Waals surface area contributed by atoms with Crippen LogP contribution in [-0.4, -0.2) is 23.9 Å². The van der Waals surface area contributed by atoms with Gasteiger partial charge in [-0.05, 0) is 43.0 Å². The lowest BCUT2D eigenvalue weighted by molar-refractivity contribution is -0.384. The van der Waals surface area contributed by atoms with E-state index in [0.717, 1.165) is 43.2 Å². The molecule has 1 saturated heterocycles. The Morgan fingerprint density at radius 3 is 2.63 bits per heavy atom. The van der Waals surface area contributed by atoms with E-state index in [1.165, 1.54) is 12.1 Å². The summed E-state index contributed by atoms with van der Waals surface area (Å²) >= 11 is 0. The Kier molecular flexibility index (Phi) is 5.52. The van der Waals surface area contributed by atoms with Gasteiger partial charge in [0.15, 0.2) is 5.76 Å². The minimum Gasteiger partial charge on any atom is -0.451 e. The molecule has 0 atom stereocenters. The Balaban J connectivity index is 1.52. The molecule has 0 aliphatic carbocycles. The van der Waals surface area contributed by atoms with Gasteiger partial charge >= 0.3 is 0 Å². The number of nitro benzene ring substituents is 1. The van der Waals surface area contributed by atoms with Crippen LogP contribution in [0.2, 0.25) is 0 Å². The first-order chi connectivity index (χ1) is 14.5. The van der Waals surface area contributed by atoms with Crippen LogP contribution in [0.25, 0.3) is 11.3 Å². The molecule has 1 N–H and O–H groups in total. The van der Waals surface area contributed by atoms with Gasteiger partial charge in [-0.1, -0.05) is 31.2 Å². The second-order valence-electron chi connectivity index (χ2n) is 7.61. The molecule has 0 unspecified atom stereocenters. The molecule has 1 amide bonds. The molecule has 2 aromatic carbocycles. The van der Waals surface area contributed by atoms with Crippen molar-refractivity contribution in [1.82, 2.24) is 0 Å². The number of carbonyl (C=O) groups is 1. The highest BCUT2D eigenvalue weighted by Gasteiger charge is 2.20. The summed E-state index contributed by atoms with van der Waals surface area (Å²) in [5.74, 6) is 0.920. The quantitative estimate of drug-likeness (QED) is 0.457. The number of piperidine rings is 1. The van der Waals surface area contributed by atoms with Crippen molar-refractivity contribution in [1.29, 1.82) is 0 Å². The van der Waals surface area contributed by atoms with Crippen molar-refractivity contribution < 1.29 is 14.1 Å². The molecular weight excluding hydrogens is 382 g/mol. The standard InChI is InChI=1S/C23H23N3O4/c1-16-11-13-25(14-12-16)20-8-3-2-7-19(20)24-23(27)22-10-9-21(30-22)17-5-4-6-18(15-17)26(28)29/h2-10,15-16H,11-14H2,1H3,(H,24,27). The van der Waals surface area contributed by atoms with Crippen LogP contribution >= 0.6 is 0 Å². The van der Waals surface area contributed by atoms with Gasteiger partial charge in [-0.3, -0.25) is 14.9 Å². The molecule has 0 radical (unpaired) electrons. The predicted molar refractivity (Wildman–Crippen MR) is 116 cm³/mol. The van der Waals surface area contributed by atoms with Crippen molar-refractivity contribution in [2.75, 3.05) is 23.3 Å². The van der Waals surface area contributed by atoms with Gasteiger partial charge in [0.05, 0.1) is 16.3 Å². The summed E-state index contributed by atoms with van der Waals surface area (Å²) in [7, 11) is 0. The number of hydrogen-bond donors (Lipinski definition) is 1. The largest absolute Gasteiger partial charge is 0.451 e. The molecule has 1 aliphatic rings. The van der Waals surface area contributed by atoms with E-state index < -0.39 is 4.92 Å². The van der Waals surface area contributed by atoms with Crippen LogP contribution in [0.5, 0.6) is 0 Å². The molecule has 1 fully saturated rings. The van der Waals surface area contributed by atoms with Crippen molar-refractivity contribution >= 4 is 23.0 Å². The minimum atomic E-state index is -0.460. The topological polar surface area (TPSA) is 88.6 Å². The maximum absolute atomic E-state index is 12.8. The first-order valence-electron chi connectivity index (χ1n) is 10.0. The van der Waals surface area contributed by atoms with Crippen LogP contribution in [0.3, 0.4) is 0 Å². The Morgan fingerprint density at radius 1 is 1.10 bits per heavy atom. The zero-order valence-electron chi connectivity index (χ0n) is 16.7. The number of rotatable bonds is 5. The molecule has 2 heterocycles. The smallest absolute Gasteiger partial charge is 0.291 e. The number of hydrogen-bond acceptors (Lipinski definition) is 5. The first kappa shape index (κ1) is 19.7. The molecule has 0 spiro atoms. The maximum Gasteiger partial charge on any atom is 0.291 e. The third-order valence-electron chi connectivity index (χ3n) is 5.45. The van der Waals surface area contributed by atoms with Crippen molar-refractivity contribution in [2.24, 2.45) is 5.92 Å². The second kappa shape index (κ2) is 8.41. The number of para-hydroxylation sites is 2. The third kappa shape index (κ3) is 4.20. The molecule has 7 nitrogen and oxygen atoms in total. The fourth-order valence-electron chi connectivity index (χ4n) is 3.68. The number of furan rings is 1. The van der Waals surface area contributed by atoms with Gasteiger partial charge in [-0.15, -0.1) is 0 Å². The highest BCUT2D eigenvalue weighted by atomic mass is 16.6. The summed E-state index contributed by atoms with van der Waals surface area (Å²) in [6.07, 6.45) is 2.26. The fourth-order valence-corrected chi connectivity index (χ4v) is 3.68. The van der Waals surface area contributed by atoms with Gasteiger partial charge in [0.1, 0.15) is 5.76 Å². The zero-order valence-corrected chi connectivity index (χ0v) is 16.7. The molecule has 0 saturated carbocycles. The number of nitrogens with one attached hydrogen (secondary N) is 1. The maximum atomic E-state index is 12.8. The van der Waals surface area contributed by atoms with Gasteiger partial charge in [-0.25, -0.2) is 0 Å². The number of non-ortho nitro benzene ring substituents is 1. The van der Waals surface area contributed by atoms with E-state index in [1.807, 2.05) is 24.3 Å². The Hall–Kier alpha value is -3.61. The molecular formula is C23H23N3O4. The predicted octanol–water partition coefficient (Wildman–Crippen LogP) is 5.34. The summed E-state index contributed by atoms with van der Waals surface area (Å²) in [6, 6.07) is 17.1. The normalized spacial score (nSPS) is 14.5. The number of nitro groups is 1. The molecule has 3 aromatic rings. The van der Waals surface area contributed by atoms with Gasteiger partial charge in [-0.2, -0.15) is 0 Å². The summed E-state index contributed by atoms with van der Waals surface area (Å²) in [4.78, 5) is 25.6. The highest BCUT2D eigenvalue weighted by Crippen LogP contribution is 2.31. The monoisotopic (exact) mass is 405 g/mol. The summed E-state index contributed by atoms with van der Waals surface area (Å²) in [5.41, 5.74) is 2.26. The number of benzene rings is 2. The molecule has 1 aromatic heterocycles. The van der Waals surface area contributed by atoms with Crippen LogP contribution in [0.1, 0.15) is 30.3 Å². The van der Waals surface area contributed by atoms with Crippen LogP contribution in [0.4, 0.5) is 17.1 Å². The van der Waals surface area contributed by atoms with Crippen molar-refractivity contribution in [3.05, 3.63) is 76.5 Å². The lowest BCUT2D eigenvalue weighted by Gasteiger charge is -2.33. The molecule has 7 heteroatoms. The second-order valence-corrected chi connectivity index (χ2v) is 7.61. The average Bonchev–Trinajstić information content (AvgIpc) is 3.25. The Labute approximate surface area is 174 Å². The first-order valence-corrected chi connectivity index (χ1v) is 10.0. The van der Waals surface area contributed by atoms with E-state index >= 15 is 0 Å². The minimum absolute atomic E-state index is 0.0281. The summed E-state index contributed by atoms with van der Waals surface area (Å²) in [5, 5.41) is 13.9. The average molecular weight is 405 g/mol. The van der Waals surface area contributed by atoms with Gasteiger partial charge in [0.2, 0.25) is 0 Å². The number of amides is 1. The molecule has 30 heavy (non-hydrogen) atoms. The van der Waals surface area contributed by atoms with E-state index in [2.05, 4.69) is 17.1 Å². The van der Waals surface area contributed by atoms with E-state index in [1.54, 1.807) is 24.3 Å². The number of anilines is 2. The molecule has 154 valence electrons. The lowest BCUT2D eigenvalue weighted by atomic mass is 9.98. The number of carbonyl (C=O) groups excluding carboxylic acids is 1. The highest BCUT2D eigenvalue weighted by molar-refractivity contribution is 6.04. The van der Waals surface area contributed by atoms with Crippen LogP contribution in [0, 0.1) is 16.0 Å². The van der Waals surface area contributed by atoms with Gasteiger partial charge < -0.3 is 14.6 Å². The van der Waals surface area contributed by atoms with Crippen LogP contribution < -0.4 is 10.2 Å². The number of nitrogens with zero attached hydrogens (tertiary/aromatic N) is 2. The SMILES string of the molecule is CC1CCN(c2ccccc2NC(=O)c2ccc(-c3cccc([N+](=O)[O-])c3)o2)CC1. The zero-order chi connectivity index (χ0) is 21.1. The molecule has 4 rings (SSSR count). The van der Waals surface area contributed by atoms with E-state index in [-0.39, 0.29) is 17.4 Å². The van der Waals surface area contributed by atoms with Crippen molar-refractivity contribution in [3.8, 4) is 11.3 Å². The van der Waals surface area contributed by atoms with Gasteiger partial charge in [0, 0.05) is 30.8 Å². The van der Waals surface area contributed by atoms with E-state index in [9.17, 15) is 14.9 Å². The van der Waals surface area contributed by atoms with E-state index in [0.29, 0.717) is 11.3 Å². The lowest BCUT2D eigenvalue weighted by Crippen LogP contribution is -2.33.